The number of fused-ring (bicyclic) bond motifs is 12. The summed E-state index contributed by atoms with van der Waals surface area (Å²) in [5, 5.41) is 5.18. The van der Waals surface area contributed by atoms with E-state index in [2.05, 4.69) is 335 Å². The average Bonchev–Trinajstić information content (AvgIpc) is 1.51. The zero-order valence-electron chi connectivity index (χ0n) is 52.0. The molecule has 0 spiro atoms. The number of hydrogen-bond acceptors (Lipinski definition) is 0. The molecule has 2 aliphatic carbocycles. The number of rotatable bonds is 6. The van der Waals surface area contributed by atoms with E-state index in [1.54, 1.807) is 0 Å². The molecule has 0 N–H and O–H groups in total. The van der Waals surface area contributed by atoms with E-state index in [4.69, 9.17) is 0 Å². The molecule has 2 heterocycles. The third-order valence-electron chi connectivity index (χ3n) is 19.7. The van der Waals surface area contributed by atoms with Crippen LogP contribution in [-0.2, 0) is 32.5 Å². The lowest BCUT2D eigenvalue weighted by Crippen LogP contribution is -2.32. The first-order valence-electron chi connectivity index (χ1n) is 31.1. The Labute approximate surface area is 508 Å². The second-order valence-electron chi connectivity index (χ2n) is 29.0. The van der Waals surface area contributed by atoms with Crippen molar-refractivity contribution in [1.29, 1.82) is 0 Å². The zero-order valence-corrected chi connectivity index (χ0v) is 52.0. The molecule has 2 aromatic heterocycles. The maximum absolute atomic E-state index is 2.58. The van der Waals surface area contributed by atoms with Crippen LogP contribution in [0.3, 0.4) is 0 Å². The first kappa shape index (κ1) is 53.7. The molecular formula is C84H76N2. The Morgan fingerprint density at radius 2 is 0.488 bits per heavy atom. The van der Waals surface area contributed by atoms with E-state index in [1.807, 2.05) is 0 Å². The summed E-state index contributed by atoms with van der Waals surface area (Å²) in [5.41, 5.74) is 26.6. The molecule has 0 fully saturated rings. The van der Waals surface area contributed by atoms with Gasteiger partial charge in [-0.05, 0) is 183 Å². The van der Waals surface area contributed by atoms with Gasteiger partial charge >= 0.3 is 0 Å². The molecule has 11 aromatic carbocycles. The molecule has 422 valence electrons. The van der Waals surface area contributed by atoms with Crippen LogP contribution in [0.2, 0.25) is 0 Å². The lowest BCUT2D eigenvalue weighted by atomic mass is 9.64. The Hall–Kier alpha value is -8.98. The van der Waals surface area contributed by atoms with E-state index in [0.717, 1.165) is 11.4 Å². The molecule has 0 unspecified atom stereocenters. The molecule has 0 bridgehead atoms. The van der Waals surface area contributed by atoms with Gasteiger partial charge in [-0.1, -0.05) is 253 Å². The summed E-state index contributed by atoms with van der Waals surface area (Å²) in [6.45, 7) is 27.8. The van der Waals surface area contributed by atoms with Gasteiger partial charge < -0.3 is 9.13 Å². The predicted molar refractivity (Wildman–Crippen MR) is 365 cm³/mol. The standard InChI is InChI=1S/C84H76N2/c1-79(2,3)55-36-44-75-67(49-55)68-50-56(80(4,5)6)37-45-76(68)85(75)61-40-32-53(33-41-61)83(71-28-17-13-24-63(71)64-25-14-18-29-72(64)83)59-22-21-23-60(48-59)84(73-30-19-15-26-65(73)66-27-16-20-31-74(66)84)54-34-42-62(43-35-54)86-77-46-38-57(81(7,8)9)51-69(77)70-52-58(82(10,11)12)39-47-78(70)86/h13-52H,1-12H3. The number of benzene rings is 11. The normalized spacial score (nSPS) is 14.5. The van der Waals surface area contributed by atoms with Crippen molar-refractivity contribution in [2.24, 2.45) is 0 Å². The number of nitrogens with zero attached hydrogens (tertiary/aromatic N) is 2. The molecule has 0 saturated heterocycles. The monoisotopic (exact) mass is 1110 g/mol. The van der Waals surface area contributed by atoms with Gasteiger partial charge in [0.15, 0.2) is 0 Å². The highest BCUT2D eigenvalue weighted by Crippen LogP contribution is 2.60. The molecule has 2 heteroatoms. The van der Waals surface area contributed by atoms with Crippen LogP contribution in [0.25, 0.3) is 77.2 Å². The van der Waals surface area contributed by atoms with Gasteiger partial charge in [0, 0.05) is 32.9 Å². The molecular weight excluding hydrogens is 1040 g/mol. The molecule has 86 heavy (non-hydrogen) atoms. The molecule has 13 aromatic rings. The van der Waals surface area contributed by atoms with Crippen LogP contribution in [-0.4, -0.2) is 9.13 Å². The van der Waals surface area contributed by atoms with Crippen molar-refractivity contribution < 1.29 is 0 Å². The van der Waals surface area contributed by atoms with Crippen molar-refractivity contribution in [3.05, 3.63) is 309 Å². The smallest absolute Gasteiger partial charge is 0.0713 e. The highest BCUT2D eigenvalue weighted by molar-refractivity contribution is 6.11. The molecule has 2 aliphatic rings. The van der Waals surface area contributed by atoms with Crippen LogP contribution in [0.15, 0.2) is 243 Å². The van der Waals surface area contributed by atoms with Gasteiger partial charge in [0.1, 0.15) is 0 Å². The summed E-state index contributed by atoms with van der Waals surface area (Å²) in [4.78, 5) is 0. The molecule has 0 radical (unpaired) electrons. The van der Waals surface area contributed by atoms with E-state index < -0.39 is 10.8 Å². The van der Waals surface area contributed by atoms with Gasteiger partial charge in [-0.15, -0.1) is 0 Å². The quantitative estimate of drug-likeness (QED) is 0.157. The van der Waals surface area contributed by atoms with Crippen LogP contribution in [0.1, 0.15) is 150 Å². The lowest BCUT2D eigenvalue weighted by molar-refractivity contribution is 0.590. The van der Waals surface area contributed by atoms with Crippen LogP contribution in [0.5, 0.6) is 0 Å². The van der Waals surface area contributed by atoms with E-state index in [9.17, 15) is 0 Å². The SMILES string of the molecule is CC(C)(C)c1ccc2c(c1)c1cc(C(C)(C)C)ccc1n2-c1ccc(C2(c3cccc(C4(c5ccc(-n6c7ccc(C(C)(C)C)cc7c7cc(C(C)(C)C)ccc76)cc5)c5ccccc5-c5ccccc54)c3)c3ccccc3-c3ccccc32)cc1. The van der Waals surface area contributed by atoms with E-state index in [1.165, 1.54) is 133 Å². The van der Waals surface area contributed by atoms with Crippen molar-refractivity contribution in [2.75, 3.05) is 0 Å². The fourth-order valence-corrected chi connectivity index (χ4v) is 15.2. The first-order chi connectivity index (χ1) is 41.2. The summed E-state index contributed by atoms with van der Waals surface area (Å²) in [6.07, 6.45) is 0. The molecule has 0 saturated carbocycles. The topological polar surface area (TPSA) is 9.86 Å². The van der Waals surface area contributed by atoms with Gasteiger partial charge in [0.05, 0.1) is 32.9 Å². The minimum Gasteiger partial charge on any atom is -0.309 e. The number of aromatic nitrogens is 2. The summed E-state index contributed by atoms with van der Waals surface area (Å²) in [7, 11) is 0. The summed E-state index contributed by atoms with van der Waals surface area (Å²) in [6, 6.07) is 94.3. The maximum atomic E-state index is 2.58. The molecule has 2 nitrogen and oxygen atoms in total. The van der Waals surface area contributed by atoms with E-state index in [0.29, 0.717) is 0 Å². The fourth-order valence-electron chi connectivity index (χ4n) is 15.2. The van der Waals surface area contributed by atoms with E-state index >= 15 is 0 Å². The van der Waals surface area contributed by atoms with Crippen molar-refractivity contribution in [2.45, 2.75) is 116 Å². The first-order valence-corrected chi connectivity index (χ1v) is 31.1. The Balaban J connectivity index is 0.940. The largest absolute Gasteiger partial charge is 0.309 e. The van der Waals surface area contributed by atoms with E-state index in [-0.39, 0.29) is 21.7 Å². The predicted octanol–water partition coefficient (Wildman–Crippen LogP) is 21.8. The lowest BCUT2D eigenvalue weighted by Gasteiger charge is -2.37. The summed E-state index contributed by atoms with van der Waals surface area (Å²) >= 11 is 0. The van der Waals surface area contributed by atoms with Gasteiger partial charge in [-0.3, -0.25) is 0 Å². The van der Waals surface area contributed by atoms with Gasteiger partial charge in [-0.25, -0.2) is 0 Å². The molecule has 0 atom stereocenters. The van der Waals surface area contributed by atoms with Crippen LogP contribution < -0.4 is 0 Å². The Kier molecular flexibility index (Phi) is 11.7. The van der Waals surface area contributed by atoms with Crippen LogP contribution in [0.4, 0.5) is 0 Å². The molecule has 15 rings (SSSR count). The van der Waals surface area contributed by atoms with Crippen molar-refractivity contribution in [3.63, 3.8) is 0 Å². The third-order valence-corrected chi connectivity index (χ3v) is 19.7. The zero-order chi connectivity index (χ0) is 59.5. The van der Waals surface area contributed by atoms with Crippen molar-refractivity contribution >= 4 is 43.6 Å². The molecule has 0 aliphatic heterocycles. The highest BCUT2D eigenvalue weighted by atomic mass is 15.0. The van der Waals surface area contributed by atoms with Gasteiger partial charge in [-0.2, -0.15) is 0 Å². The second-order valence-corrected chi connectivity index (χ2v) is 29.0. The van der Waals surface area contributed by atoms with Gasteiger partial charge in [0.2, 0.25) is 0 Å². The summed E-state index contributed by atoms with van der Waals surface area (Å²) in [5.74, 6) is 0. The van der Waals surface area contributed by atoms with Crippen LogP contribution in [0, 0.1) is 0 Å². The third kappa shape index (κ3) is 7.84. The molecule has 0 amide bonds. The Morgan fingerprint density at radius 1 is 0.233 bits per heavy atom. The van der Waals surface area contributed by atoms with Crippen molar-refractivity contribution in [1.82, 2.24) is 9.13 Å². The maximum Gasteiger partial charge on any atom is 0.0713 e. The van der Waals surface area contributed by atoms with Crippen molar-refractivity contribution in [3.8, 4) is 33.6 Å². The Bertz CT molecular complexity index is 4350. The second kappa shape index (κ2) is 18.8. The summed E-state index contributed by atoms with van der Waals surface area (Å²) < 4.78 is 4.99. The van der Waals surface area contributed by atoms with Crippen LogP contribution >= 0.6 is 0 Å². The Morgan fingerprint density at radius 3 is 0.744 bits per heavy atom. The fraction of sp³-hybridized carbons (Fsp3) is 0.214. The minimum atomic E-state index is -0.648. The minimum absolute atomic E-state index is 0.0169. The highest BCUT2D eigenvalue weighted by Gasteiger charge is 2.50. The average molecular weight is 1110 g/mol. The van der Waals surface area contributed by atoms with Gasteiger partial charge in [0.25, 0.3) is 0 Å². The number of hydrogen-bond donors (Lipinski definition) is 0.